The minimum Gasteiger partial charge on any atom is -0.465 e. The third-order valence-electron chi connectivity index (χ3n) is 7.88. The summed E-state index contributed by atoms with van der Waals surface area (Å²) in [5.74, 6) is 5.20. The molecule has 202 valence electrons. The van der Waals surface area contributed by atoms with E-state index in [2.05, 4.69) is 44.6 Å². The maximum atomic E-state index is 14.2. The van der Waals surface area contributed by atoms with E-state index in [0.29, 0.717) is 47.9 Å². The van der Waals surface area contributed by atoms with Crippen molar-refractivity contribution in [2.24, 2.45) is 11.3 Å². The van der Waals surface area contributed by atoms with Gasteiger partial charge in [0, 0.05) is 24.8 Å². The SMILES string of the molecule is C=CC(C#Cc1cc(N(C(=O)[C@H]2CC=C(C)CC2)C2CCC3(CC2)OCCO3)c(C(=O)OC)s1)(C=C)C=C. The molecule has 0 unspecified atom stereocenters. The summed E-state index contributed by atoms with van der Waals surface area (Å²) >= 11 is 1.23. The van der Waals surface area contributed by atoms with Gasteiger partial charge in [0.2, 0.25) is 5.91 Å². The number of hydrogen-bond donors (Lipinski definition) is 0. The van der Waals surface area contributed by atoms with Gasteiger partial charge >= 0.3 is 5.97 Å². The molecule has 1 spiro atoms. The molecule has 7 heteroatoms. The number of anilines is 1. The molecule has 1 aromatic rings. The van der Waals surface area contributed by atoms with Crippen LogP contribution in [0.25, 0.3) is 0 Å². The fraction of sp³-hybridized carbons (Fsp3) is 0.484. The van der Waals surface area contributed by atoms with Crippen LogP contribution in [0.5, 0.6) is 0 Å². The fourth-order valence-electron chi connectivity index (χ4n) is 5.40. The molecule has 1 saturated heterocycles. The average molecular weight is 536 g/mol. The van der Waals surface area contributed by atoms with Crippen molar-refractivity contribution in [2.75, 3.05) is 25.2 Å². The minimum atomic E-state index is -0.754. The Bertz CT molecular complexity index is 1160. The first kappa shape index (κ1) is 28.1. The lowest BCUT2D eigenvalue weighted by Crippen LogP contribution is -2.49. The number of rotatable bonds is 7. The molecule has 2 heterocycles. The zero-order chi connectivity index (χ0) is 27.3. The Labute approximate surface area is 230 Å². The molecule has 0 radical (unpaired) electrons. The number of thiophene rings is 1. The molecule has 1 amide bonds. The Morgan fingerprint density at radius 3 is 2.37 bits per heavy atom. The largest absolute Gasteiger partial charge is 0.465 e. The summed E-state index contributed by atoms with van der Waals surface area (Å²) in [7, 11) is 1.36. The van der Waals surface area contributed by atoms with Crippen molar-refractivity contribution in [3.8, 4) is 11.8 Å². The molecule has 3 aliphatic rings. The van der Waals surface area contributed by atoms with Crippen LogP contribution in [0.15, 0.2) is 55.7 Å². The molecule has 0 aromatic carbocycles. The first-order valence-corrected chi connectivity index (χ1v) is 14.0. The van der Waals surface area contributed by atoms with Crippen LogP contribution in [-0.2, 0) is 19.0 Å². The number of esters is 1. The van der Waals surface area contributed by atoms with Crippen LogP contribution < -0.4 is 4.90 Å². The van der Waals surface area contributed by atoms with E-state index >= 15 is 0 Å². The molecule has 4 rings (SSSR count). The Morgan fingerprint density at radius 1 is 1.16 bits per heavy atom. The molecule has 1 aliphatic heterocycles. The molecule has 2 aliphatic carbocycles. The van der Waals surface area contributed by atoms with Gasteiger partial charge in [-0.2, -0.15) is 0 Å². The van der Waals surface area contributed by atoms with E-state index in [1.54, 1.807) is 18.2 Å². The predicted molar refractivity (Wildman–Crippen MR) is 151 cm³/mol. The van der Waals surface area contributed by atoms with Crippen LogP contribution in [0.2, 0.25) is 0 Å². The second-order valence-corrected chi connectivity index (χ2v) is 11.2. The number of methoxy groups -OCH3 is 1. The van der Waals surface area contributed by atoms with Crippen molar-refractivity contribution in [3.63, 3.8) is 0 Å². The highest BCUT2D eigenvalue weighted by Gasteiger charge is 2.44. The van der Waals surface area contributed by atoms with Gasteiger partial charge in [-0.1, -0.05) is 41.7 Å². The van der Waals surface area contributed by atoms with Gasteiger partial charge in [0.15, 0.2) is 5.79 Å². The topological polar surface area (TPSA) is 65.1 Å². The fourth-order valence-corrected chi connectivity index (χ4v) is 6.32. The highest BCUT2D eigenvalue weighted by atomic mass is 32.1. The summed E-state index contributed by atoms with van der Waals surface area (Å²) in [6, 6.07) is 1.76. The van der Waals surface area contributed by atoms with Crippen molar-refractivity contribution in [3.05, 3.63) is 65.4 Å². The molecule has 6 nitrogen and oxygen atoms in total. The third kappa shape index (κ3) is 5.73. The summed E-state index contributed by atoms with van der Waals surface area (Å²) in [5, 5.41) is 0. The number of amides is 1. The number of hydrogen-bond acceptors (Lipinski definition) is 6. The Balaban J connectivity index is 1.74. The van der Waals surface area contributed by atoms with Crippen LogP contribution in [0.3, 0.4) is 0 Å². The lowest BCUT2D eigenvalue weighted by atomic mass is 9.85. The van der Waals surface area contributed by atoms with E-state index in [9.17, 15) is 9.59 Å². The Morgan fingerprint density at radius 2 is 1.82 bits per heavy atom. The van der Waals surface area contributed by atoms with Crippen molar-refractivity contribution in [1.29, 1.82) is 0 Å². The highest BCUT2D eigenvalue weighted by molar-refractivity contribution is 7.15. The third-order valence-corrected chi connectivity index (χ3v) is 8.90. The van der Waals surface area contributed by atoms with E-state index in [1.807, 2.05) is 11.0 Å². The van der Waals surface area contributed by atoms with Crippen LogP contribution in [0.1, 0.15) is 66.4 Å². The summed E-state index contributed by atoms with van der Waals surface area (Å²) in [6.45, 7) is 14.9. The number of ether oxygens (including phenoxy) is 3. The van der Waals surface area contributed by atoms with Gasteiger partial charge < -0.3 is 19.1 Å². The molecule has 0 N–H and O–H groups in total. The monoisotopic (exact) mass is 535 g/mol. The lowest BCUT2D eigenvalue weighted by Gasteiger charge is -2.41. The Hall–Kier alpha value is -2.92. The van der Waals surface area contributed by atoms with E-state index in [0.717, 1.165) is 25.7 Å². The summed E-state index contributed by atoms with van der Waals surface area (Å²) in [5.41, 5.74) is 1.13. The summed E-state index contributed by atoms with van der Waals surface area (Å²) in [6.07, 6.45) is 12.4. The number of nitrogens with zero attached hydrogens (tertiary/aromatic N) is 1. The smallest absolute Gasteiger partial charge is 0.350 e. The quantitative estimate of drug-likeness (QED) is 0.236. The molecular weight excluding hydrogens is 498 g/mol. The number of allylic oxidation sites excluding steroid dienone is 5. The van der Waals surface area contributed by atoms with Gasteiger partial charge in [-0.05, 0) is 45.1 Å². The molecule has 2 fully saturated rings. The van der Waals surface area contributed by atoms with Crippen LogP contribution >= 0.6 is 11.3 Å². The zero-order valence-corrected chi connectivity index (χ0v) is 23.2. The number of carbonyl (C=O) groups excluding carboxylic acids is 2. The van der Waals surface area contributed by atoms with Crippen molar-refractivity contribution in [2.45, 2.75) is 63.7 Å². The van der Waals surface area contributed by atoms with Gasteiger partial charge in [-0.25, -0.2) is 4.79 Å². The van der Waals surface area contributed by atoms with Crippen LogP contribution in [0.4, 0.5) is 5.69 Å². The highest BCUT2D eigenvalue weighted by Crippen LogP contribution is 2.42. The summed E-state index contributed by atoms with van der Waals surface area (Å²) in [4.78, 5) is 30.0. The normalized spacial score (nSPS) is 21.1. The van der Waals surface area contributed by atoms with Crippen molar-refractivity contribution >= 4 is 28.9 Å². The van der Waals surface area contributed by atoms with Crippen molar-refractivity contribution < 1.29 is 23.8 Å². The second kappa shape index (κ2) is 11.9. The molecule has 1 saturated carbocycles. The van der Waals surface area contributed by atoms with Crippen molar-refractivity contribution in [1.82, 2.24) is 0 Å². The van der Waals surface area contributed by atoms with E-state index in [-0.39, 0.29) is 17.9 Å². The first-order valence-electron chi connectivity index (χ1n) is 13.2. The molecule has 1 atom stereocenters. The van der Waals surface area contributed by atoms with Gasteiger partial charge in [0.1, 0.15) is 4.88 Å². The second-order valence-electron chi connectivity index (χ2n) is 10.2. The van der Waals surface area contributed by atoms with E-state index in [1.165, 1.54) is 24.0 Å². The molecular formula is C31H37NO5S. The van der Waals surface area contributed by atoms with E-state index in [4.69, 9.17) is 14.2 Å². The van der Waals surface area contributed by atoms with Gasteiger partial charge in [-0.15, -0.1) is 31.1 Å². The maximum absolute atomic E-state index is 14.2. The lowest BCUT2D eigenvalue weighted by molar-refractivity contribution is -0.179. The molecule has 1 aromatic heterocycles. The predicted octanol–water partition coefficient (Wildman–Crippen LogP) is 6.20. The summed E-state index contributed by atoms with van der Waals surface area (Å²) < 4.78 is 17.0. The van der Waals surface area contributed by atoms with Crippen LogP contribution in [-0.4, -0.2) is 44.0 Å². The zero-order valence-electron chi connectivity index (χ0n) is 22.4. The molecule has 38 heavy (non-hydrogen) atoms. The molecule has 0 bridgehead atoms. The van der Waals surface area contributed by atoms with Gasteiger partial charge in [0.25, 0.3) is 0 Å². The minimum absolute atomic E-state index is 0.0445. The standard InChI is InChI=1S/C31H37NO5S/c1-6-30(7-2,8-3)16-15-25-21-26(27(38-25)29(34)35-5)32(28(33)23-11-9-22(4)10-12-23)24-13-17-31(18-14-24)36-19-20-37-31/h6-9,21,23-24H,1-3,10-14,17-20H2,4-5H3/t23-/m0/s1. The Kier molecular flexibility index (Phi) is 8.77. The van der Waals surface area contributed by atoms with Gasteiger partial charge in [-0.3, -0.25) is 4.79 Å². The maximum Gasteiger partial charge on any atom is 0.350 e. The van der Waals surface area contributed by atoms with E-state index < -0.39 is 17.2 Å². The number of carbonyl (C=O) groups is 2. The van der Waals surface area contributed by atoms with Crippen LogP contribution in [0, 0.1) is 23.2 Å². The average Bonchev–Trinajstić information content (AvgIpc) is 3.58. The van der Waals surface area contributed by atoms with Gasteiger partial charge in [0.05, 0.1) is 36.3 Å². The first-order chi connectivity index (χ1) is 18.3.